The summed E-state index contributed by atoms with van der Waals surface area (Å²) in [6.45, 7) is 2.90. The molecule has 0 bridgehead atoms. The highest BCUT2D eigenvalue weighted by molar-refractivity contribution is 6.34. The molecule has 0 aromatic heterocycles. The van der Waals surface area contributed by atoms with Crippen LogP contribution in [0.25, 0.3) is 0 Å². The molecule has 0 unspecified atom stereocenters. The zero-order valence-corrected chi connectivity index (χ0v) is 11.6. The lowest BCUT2D eigenvalue weighted by atomic mass is 10.2. The molecule has 0 heterocycles. The lowest BCUT2D eigenvalue weighted by molar-refractivity contribution is -0.120. The Morgan fingerprint density at radius 1 is 1.26 bits per heavy atom. The zero-order chi connectivity index (χ0) is 14.3. The Kier molecular flexibility index (Phi) is 6.15. The number of anilines is 1. The van der Waals surface area contributed by atoms with Crippen molar-refractivity contribution >= 4 is 29.1 Å². The van der Waals surface area contributed by atoms with Crippen LogP contribution in [0.5, 0.6) is 0 Å². The number of hydrogen-bond donors (Lipinski definition) is 3. The van der Waals surface area contributed by atoms with Crippen molar-refractivity contribution in [1.82, 2.24) is 10.6 Å². The van der Waals surface area contributed by atoms with Gasteiger partial charge in [-0.25, -0.2) is 0 Å². The van der Waals surface area contributed by atoms with Crippen LogP contribution in [0.15, 0.2) is 18.2 Å². The Morgan fingerprint density at radius 2 is 2.00 bits per heavy atom. The SMILES string of the molecule is CCCNC(=O)CCNC(=O)c1ccc(N)cc1Cl. The lowest BCUT2D eigenvalue weighted by Gasteiger charge is -2.07. The number of hydrogen-bond acceptors (Lipinski definition) is 3. The highest BCUT2D eigenvalue weighted by atomic mass is 35.5. The van der Waals surface area contributed by atoms with Gasteiger partial charge in [0, 0.05) is 25.2 Å². The Morgan fingerprint density at radius 3 is 2.63 bits per heavy atom. The van der Waals surface area contributed by atoms with E-state index in [2.05, 4.69) is 10.6 Å². The standard InChI is InChI=1S/C13H18ClN3O2/c1-2-6-16-12(18)5-7-17-13(19)10-4-3-9(15)8-11(10)14/h3-4,8H,2,5-7,15H2,1H3,(H,16,18)(H,17,19). The van der Waals surface area contributed by atoms with Gasteiger partial charge in [-0.2, -0.15) is 0 Å². The Hall–Kier alpha value is -1.75. The maximum absolute atomic E-state index is 11.8. The molecule has 0 radical (unpaired) electrons. The number of benzene rings is 1. The molecule has 4 N–H and O–H groups in total. The first kappa shape index (κ1) is 15.3. The summed E-state index contributed by atoms with van der Waals surface area (Å²) in [5, 5.41) is 5.67. The van der Waals surface area contributed by atoms with Crippen molar-refractivity contribution in [3.63, 3.8) is 0 Å². The van der Waals surface area contributed by atoms with E-state index in [1.54, 1.807) is 12.1 Å². The topological polar surface area (TPSA) is 84.2 Å². The zero-order valence-electron chi connectivity index (χ0n) is 10.8. The van der Waals surface area contributed by atoms with Crippen LogP contribution in [0.2, 0.25) is 5.02 Å². The van der Waals surface area contributed by atoms with Gasteiger partial charge < -0.3 is 16.4 Å². The fraction of sp³-hybridized carbons (Fsp3) is 0.385. The third kappa shape index (κ3) is 5.18. The van der Waals surface area contributed by atoms with E-state index in [9.17, 15) is 9.59 Å². The highest BCUT2D eigenvalue weighted by Gasteiger charge is 2.10. The van der Waals surface area contributed by atoms with Gasteiger partial charge in [0.25, 0.3) is 5.91 Å². The summed E-state index contributed by atoms with van der Waals surface area (Å²) in [4.78, 5) is 23.1. The minimum absolute atomic E-state index is 0.0782. The number of halogens is 1. The molecule has 1 aromatic carbocycles. The molecule has 0 fully saturated rings. The van der Waals surface area contributed by atoms with E-state index in [4.69, 9.17) is 17.3 Å². The van der Waals surface area contributed by atoms with Gasteiger partial charge in [-0.3, -0.25) is 9.59 Å². The van der Waals surface area contributed by atoms with Crippen LogP contribution in [0.4, 0.5) is 5.69 Å². The van der Waals surface area contributed by atoms with Crippen LogP contribution in [-0.4, -0.2) is 24.9 Å². The molecule has 2 amide bonds. The van der Waals surface area contributed by atoms with Crippen molar-refractivity contribution in [3.05, 3.63) is 28.8 Å². The van der Waals surface area contributed by atoms with E-state index in [0.29, 0.717) is 22.8 Å². The summed E-state index contributed by atoms with van der Waals surface area (Å²) in [6.07, 6.45) is 1.14. The smallest absolute Gasteiger partial charge is 0.252 e. The van der Waals surface area contributed by atoms with Crippen LogP contribution >= 0.6 is 11.6 Å². The first-order valence-electron chi connectivity index (χ1n) is 6.14. The summed E-state index contributed by atoms with van der Waals surface area (Å²) in [5.41, 5.74) is 6.40. The van der Waals surface area contributed by atoms with Crippen LogP contribution in [0.1, 0.15) is 30.1 Å². The molecule has 0 atom stereocenters. The fourth-order valence-electron chi connectivity index (χ4n) is 1.45. The molecule has 1 aromatic rings. The average Bonchev–Trinajstić information content (AvgIpc) is 2.36. The van der Waals surface area contributed by atoms with Gasteiger partial charge in [0.05, 0.1) is 10.6 Å². The van der Waals surface area contributed by atoms with E-state index < -0.39 is 0 Å². The summed E-state index contributed by atoms with van der Waals surface area (Å²) < 4.78 is 0. The molecule has 5 nitrogen and oxygen atoms in total. The van der Waals surface area contributed by atoms with Crippen LogP contribution in [0.3, 0.4) is 0 Å². The molecular weight excluding hydrogens is 266 g/mol. The van der Waals surface area contributed by atoms with Crippen LogP contribution in [0, 0.1) is 0 Å². The molecule has 0 saturated heterocycles. The monoisotopic (exact) mass is 283 g/mol. The molecular formula is C13H18ClN3O2. The first-order chi connectivity index (χ1) is 9.04. The number of carbonyl (C=O) groups is 2. The second-order valence-electron chi connectivity index (χ2n) is 4.10. The Balaban J connectivity index is 2.41. The van der Waals surface area contributed by atoms with Crippen molar-refractivity contribution in [2.24, 2.45) is 0 Å². The summed E-state index contributed by atoms with van der Waals surface area (Å²) in [5.74, 6) is -0.390. The average molecular weight is 284 g/mol. The number of amides is 2. The van der Waals surface area contributed by atoms with Gasteiger partial charge >= 0.3 is 0 Å². The highest BCUT2D eigenvalue weighted by Crippen LogP contribution is 2.18. The summed E-state index contributed by atoms with van der Waals surface area (Å²) in [6, 6.07) is 4.68. The molecule has 0 aliphatic rings. The van der Waals surface area contributed by atoms with Crippen molar-refractivity contribution in [2.75, 3.05) is 18.8 Å². The number of rotatable bonds is 6. The number of nitrogens with one attached hydrogen (secondary N) is 2. The van der Waals surface area contributed by atoms with E-state index in [0.717, 1.165) is 6.42 Å². The molecule has 0 spiro atoms. The second kappa shape index (κ2) is 7.63. The van der Waals surface area contributed by atoms with Gasteiger partial charge in [0.1, 0.15) is 0 Å². The number of nitrogens with two attached hydrogens (primary N) is 1. The minimum atomic E-state index is -0.312. The van der Waals surface area contributed by atoms with Gasteiger partial charge in [0.15, 0.2) is 0 Å². The lowest BCUT2D eigenvalue weighted by Crippen LogP contribution is -2.31. The normalized spacial score (nSPS) is 10.0. The predicted octanol–water partition coefficient (Wildman–Crippen LogP) is 1.57. The van der Waals surface area contributed by atoms with E-state index in [-0.39, 0.29) is 24.8 Å². The van der Waals surface area contributed by atoms with Gasteiger partial charge in [-0.1, -0.05) is 18.5 Å². The maximum atomic E-state index is 11.8. The van der Waals surface area contributed by atoms with Crippen LogP contribution < -0.4 is 16.4 Å². The fourth-order valence-corrected chi connectivity index (χ4v) is 1.73. The summed E-state index contributed by atoms with van der Waals surface area (Å²) >= 11 is 5.91. The van der Waals surface area contributed by atoms with Crippen molar-refractivity contribution in [2.45, 2.75) is 19.8 Å². The molecule has 0 aliphatic heterocycles. The van der Waals surface area contributed by atoms with E-state index >= 15 is 0 Å². The third-order valence-corrected chi connectivity index (χ3v) is 2.76. The van der Waals surface area contributed by atoms with Crippen LogP contribution in [-0.2, 0) is 4.79 Å². The van der Waals surface area contributed by atoms with E-state index in [1.165, 1.54) is 6.07 Å². The minimum Gasteiger partial charge on any atom is -0.399 e. The van der Waals surface area contributed by atoms with Crippen molar-refractivity contribution in [1.29, 1.82) is 0 Å². The maximum Gasteiger partial charge on any atom is 0.252 e. The molecule has 1 rings (SSSR count). The molecule has 104 valence electrons. The second-order valence-corrected chi connectivity index (χ2v) is 4.50. The van der Waals surface area contributed by atoms with Gasteiger partial charge in [-0.15, -0.1) is 0 Å². The number of nitrogen functional groups attached to an aromatic ring is 1. The first-order valence-corrected chi connectivity index (χ1v) is 6.52. The Bertz CT molecular complexity index is 463. The summed E-state index contributed by atoms with van der Waals surface area (Å²) in [7, 11) is 0. The number of carbonyl (C=O) groups excluding carboxylic acids is 2. The largest absolute Gasteiger partial charge is 0.399 e. The van der Waals surface area contributed by atoms with E-state index in [1.807, 2.05) is 6.92 Å². The molecule has 6 heteroatoms. The quantitative estimate of drug-likeness (QED) is 0.693. The van der Waals surface area contributed by atoms with Crippen molar-refractivity contribution < 1.29 is 9.59 Å². The molecule has 0 saturated carbocycles. The van der Waals surface area contributed by atoms with Gasteiger partial charge in [-0.05, 0) is 24.6 Å². The van der Waals surface area contributed by atoms with Crippen molar-refractivity contribution in [3.8, 4) is 0 Å². The Labute approximate surface area is 117 Å². The van der Waals surface area contributed by atoms with Gasteiger partial charge in [0.2, 0.25) is 5.91 Å². The molecule has 19 heavy (non-hydrogen) atoms. The third-order valence-electron chi connectivity index (χ3n) is 2.45. The predicted molar refractivity (Wildman–Crippen MR) is 76.1 cm³/mol. The molecule has 0 aliphatic carbocycles.